The van der Waals surface area contributed by atoms with Gasteiger partial charge in [0, 0.05) is 24.8 Å². The minimum atomic E-state index is -1.11. The first-order chi connectivity index (χ1) is 16.9. The highest BCUT2D eigenvalue weighted by Gasteiger charge is 2.19. The summed E-state index contributed by atoms with van der Waals surface area (Å²) in [5.41, 5.74) is 1.18. The predicted octanol–water partition coefficient (Wildman–Crippen LogP) is 0.650. The zero-order chi connectivity index (χ0) is 25.0. The fraction of sp³-hybridized carbons (Fsp3) is 0.182. The Kier molecular flexibility index (Phi) is 8.71. The average Bonchev–Trinajstić information content (AvgIpc) is 2.86. The summed E-state index contributed by atoms with van der Waals surface area (Å²) >= 11 is 0. The Morgan fingerprint density at radius 2 is 1.80 bits per heavy atom. The topological polar surface area (TPSA) is 188 Å². The van der Waals surface area contributed by atoms with Gasteiger partial charge in [-0.05, 0) is 29.8 Å². The summed E-state index contributed by atoms with van der Waals surface area (Å²) in [7, 11) is 0. The number of aromatic nitrogens is 4. The van der Waals surface area contributed by atoms with Crippen molar-refractivity contribution >= 4 is 29.6 Å². The lowest BCUT2D eigenvalue weighted by Crippen LogP contribution is -2.39. The van der Waals surface area contributed by atoms with E-state index in [2.05, 4.69) is 41.2 Å². The average molecular weight is 478 g/mol. The SMILES string of the molecule is O=C(O)CC(NC(=O)CNC(=O)c1nccc(NC(=O)NCc2ccccn2)n1)c1cccnc1. The van der Waals surface area contributed by atoms with E-state index in [-0.39, 0.29) is 24.6 Å². The molecule has 1 atom stereocenters. The first-order valence-corrected chi connectivity index (χ1v) is 10.4. The molecule has 0 saturated heterocycles. The lowest BCUT2D eigenvalue weighted by atomic mass is 10.1. The molecule has 0 radical (unpaired) electrons. The second kappa shape index (κ2) is 12.3. The standard InChI is InChI=1S/C22H22N8O5/c31-18(28-16(10-19(32)33)14-4-3-7-23-11-14)13-26-21(34)20-25-9-6-17(29-20)30-22(35)27-12-15-5-1-2-8-24-15/h1-9,11,16H,10,12-13H2,(H,26,34)(H,28,31)(H,32,33)(H2,25,27,29,30,35). The van der Waals surface area contributed by atoms with Crippen molar-refractivity contribution in [1.29, 1.82) is 0 Å². The Hall–Kier alpha value is -4.94. The summed E-state index contributed by atoms with van der Waals surface area (Å²) in [6.07, 6.45) is 5.50. The maximum absolute atomic E-state index is 12.4. The predicted molar refractivity (Wildman–Crippen MR) is 122 cm³/mol. The Labute approximate surface area is 199 Å². The molecule has 5 N–H and O–H groups in total. The van der Waals surface area contributed by atoms with Gasteiger partial charge < -0.3 is 21.1 Å². The molecule has 0 spiro atoms. The summed E-state index contributed by atoms with van der Waals surface area (Å²) in [6.45, 7) is -0.247. The summed E-state index contributed by atoms with van der Waals surface area (Å²) in [4.78, 5) is 63.7. The molecule has 0 aliphatic heterocycles. The molecule has 180 valence electrons. The van der Waals surface area contributed by atoms with E-state index in [0.717, 1.165) is 0 Å². The smallest absolute Gasteiger partial charge is 0.320 e. The third-order valence-electron chi connectivity index (χ3n) is 4.47. The number of hydrogen-bond donors (Lipinski definition) is 5. The lowest BCUT2D eigenvalue weighted by Gasteiger charge is -2.17. The minimum Gasteiger partial charge on any atom is -0.481 e. The van der Waals surface area contributed by atoms with E-state index in [1.807, 2.05) is 0 Å². The number of carboxylic acids is 1. The number of aliphatic carboxylic acids is 1. The number of pyridine rings is 2. The second-order valence-electron chi connectivity index (χ2n) is 7.08. The highest BCUT2D eigenvalue weighted by Crippen LogP contribution is 2.15. The van der Waals surface area contributed by atoms with E-state index < -0.39 is 36.4 Å². The van der Waals surface area contributed by atoms with E-state index >= 15 is 0 Å². The molecule has 3 heterocycles. The van der Waals surface area contributed by atoms with E-state index in [1.165, 1.54) is 24.7 Å². The van der Waals surface area contributed by atoms with Crippen LogP contribution in [-0.2, 0) is 16.1 Å². The zero-order valence-electron chi connectivity index (χ0n) is 18.3. The first-order valence-electron chi connectivity index (χ1n) is 10.4. The number of carbonyl (C=O) groups excluding carboxylic acids is 3. The molecule has 3 rings (SSSR count). The van der Waals surface area contributed by atoms with E-state index in [1.54, 1.807) is 36.5 Å². The molecule has 3 aromatic heterocycles. The van der Waals surface area contributed by atoms with E-state index in [0.29, 0.717) is 11.3 Å². The maximum atomic E-state index is 12.4. The van der Waals surface area contributed by atoms with Crippen LogP contribution in [0.3, 0.4) is 0 Å². The van der Waals surface area contributed by atoms with Crippen molar-refractivity contribution in [2.24, 2.45) is 0 Å². The molecule has 0 aromatic carbocycles. The molecule has 0 aliphatic carbocycles. The number of nitrogens with zero attached hydrogens (tertiary/aromatic N) is 4. The molecule has 3 aromatic rings. The molecular weight excluding hydrogens is 456 g/mol. The lowest BCUT2D eigenvalue weighted by molar-refractivity contribution is -0.137. The maximum Gasteiger partial charge on any atom is 0.320 e. The fourth-order valence-electron chi connectivity index (χ4n) is 2.87. The van der Waals surface area contributed by atoms with Crippen LogP contribution in [0.2, 0.25) is 0 Å². The third-order valence-corrected chi connectivity index (χ3v) is 4.47. The number of carboxylic acid groups (broad SMARTS) is 1. The van der Waals surface area contributed by atoms with E-state index in [4.69, 9.17) is 5.11 Å². The minimum absolute atomic E-state index is 0.0752. The van der Waals surface area contributed by atoms with Crippen LogP contribution >= 0.6 is 0 Å². The molecule has 0 fully saturated rings. The normalized spacial score (nSPS) is 11.1. The first kappa shape index (κ1) is 24.7. The number of anilines is 1. The number of urea groups is 1. The van der Waals surface area contributed by atoms with Crippen LogP contribution in [0.15, 0.2) is 61.2 Å². The molecule has 0 bridgehead atoms. The van der Waals surface area contributed by atoms with Crippen molar-refractivity contribution in [3.63, 3.8) is 0 Å². The van der Waals surface area contributed by atoms with Gasteiger partial charge in [-0.3, -0.25) is 29.7 Å². The van der Waals surface area contributed by atoms with Gasteiger partial charge in [-0.15, -0.1) is 0 Å². The molecular formula is C22H22N8O5. The van der Waals surface area contributed by atoms with Crippen LogP contribution in [0, 0.1) is 0 Å². The number of carbonyl (C=O) groups is 4. The van der Waals surface area contributed by atoms with E-state index in [9.17, 15) is 19.2 Å². The van der Waals surface area contributed by atoms with Gasteiger partial charge in [0.2, 0.25) is 11.7 Å². The van der Waals surface area contributed by atoms with Crippen molar-refractivity contribution in [3.05, 3.63) is 78.3 Å². The molecule has 1 unspecified atom stereocenters. The largest absolute Gasteiger partial charge is 0.481 e. The van der Waals surface area contributed by atoms with Gasteiger partial charge in [0.15, 0.2) is 0 Å². The van der Waals surface area contributed by atoms with Crippen molar-refractivity contribution in [2.75, 3.05) is 11.9 Å². The zero-order valence-corrected chi connectivity index (χ0v) is 18.3. The van der Waals surface area contributed by atoms with Crippen LogP contribution in [-0.4, -0.2) is 55.4 Å². The van der Waals surface area contributed by atoms with Crippen molar-refractivity contribution in [2.45, 2.75) is 19.0 Å². The number of rotatable bonds is 10. The number of amides is 4. The van der Waals surface area contributed by atoms with Gasteiger partial charge in [-0.2, -0.15) is 0 Å². The van der Waals surface area contributed by atoms with Gasteiger partial charge >= 0.3 is 12.0 Å². The quantitative estimate of drug-likeness (QED) is 0.279. The monoisotopic (exact) mass is 478 g/mol. The van der Waals surface area contributed by atoms with Crippen molar-refractivity contribution < 1.29 is 24.3 Å². The third kappa shape index (κ3) is 8.16. The van der Waals surface area contributed by atoms with Crippen LogP contribution in [0.1, 0.15) is 34.3 Å². The van der Waals surface area contributed by atoms with Gasteiger partial charge in [0.1, 0.15) is 5.82 Å². The van der Waals surface area contributed by atoms with Crippen LogP contribution in [0.5, 0.6) is 0 Å². The highest BCUT2D eigenvalue weighted by atomic mass is 16.4. The number of nitrogens with one attached hydrogen (secondary N) is 4. The number of hydrogen-bond acceptors (Lipinski definition) is 8. The molecule has 0 aliphatic rings. The Morgan fingerprint density at radius 3 is 2.51 bits per heavy atom. The fourth-order valence-corrected chi connectivity index (χ4v) is 2.87. The molecule has 0 saturated carbocycles. The summed E-state index contributed by atoms with van der Waals surface area (Å²) in [5.74, 6) is -2.67. The Bertz CT molecular complexity index is 1180. The Balaban J connectivity index is 1.51. The highest BCUT2D eigenvalue weighted by molar-refractivity contribution is 5.94. The second-order valence-corrected chi connectivity index (χ2v) is 7.08. The van der Waals surface area contributed by atoms with Crippen molar-refractivity contribution in [1.82, 2.24) is 35.9 Å². The van der Waals surface area contributed by atoms with Crippen LogP contribution in [0.25, 0.3) is 0 Å². The molecule has 4 amide bonds. The molecule has 35 heavy (non-hydrogen) atoms. The summed E-state index contributed by atoms with van der Waals surface area (Å²) < 4.78 is 0. The van der Waals surface area contributed by atoms with Gasteiger partial charge in [-0.1, -0.05) is 12.1 Å². The summed E-state index contributed by atoms with van der Waals surface area (Å²) in [5, 5.41) is 19.1. The van der Waals surface area contributed by atoms with Gasteiger partial charge in [0.25, 0.3) is 5.91 Å². The Morgan fingerprint density at radius 1 is 0.943 bits per heavy atom. The molecule has 13 heteroatoms. The van der Waals surface area contributed by atoms with Gasteiger partial charge in [0.05, 0.1) is 31.2 Å². The van der Waals surface area contributed by atoms with Gasteiger partial charge in [-0.25, -0.2) is 14.8 Å². The molecule has 13 nitrogen and oxygen atoms in total. The summed E-state index contributed by atoms with van der Waals surface area (Å²) in [6, 6.07) is 8.59. The van der Waals surface area contributed by atoms with Crippen LogP contribution in [0.4, 0.5) is 10.6 Å². The van der Waals surface area contributed by atoms with Crippen molar-refractivity contribution in [3.8, 4) is 0 Å². The van der Waals surface area contributed by atoms with Crippen LogP contribution < -0.4 is 21.3 Å².